The minimum Gasteiger partial charge on any atom is -0.445 e. The molecule has 0 atom stereocenters. The summed E-state index contributed by atoms with van der Waals surface area (Å²) in [4.78, 5) is 11.5. The third-order valence-corrected chi connectivity index (χ3v) is 2.57. The SMILES string of the molecule is NCCn1cc(CNC(=O)OCc2ccccc2)nn1. The van der Waals surface area contributed by atoms with Gasteiger partial charge in [-0.1, -0.05) is 35.5 Å². The molecule has 1 aromatic carbocycles. The quantitative estimate of drug-likeness (QED) is 0.807. The number of nitrogens with one attached hydrogen (secondary N) is 1. The summed E-state index contributed by atoms with van der Waals surface area (Å²) < 4.78 is 6.71. The first-order valence-electron chi connectivity index (χ1n) is 6.31. The summed E-state index contributed by atoms with van der Waals surface area (Å²) in [5.74, 6) is 0. The standard InChI is InChI=1S/C13H17N5O2/c14-6-7-18-9-12(16-17-18)8-15-13(19)20-10-11-4-2-1-3-5-11/h1-5,9H,6-8,10,14H2,(H,15,19). The second-order valence-corrected chi connectivity index (χ2v) is 4.18. The van der Waals surface area contributed by atoms with Crippen molar-refractivity contribution in [1.82, 2.24) is 20.3 Å². The Balaban J connectivity index is 1.71. The molecular formula is C13H17N5O2. The third-order valence-electron chi connectivity index (χ3n) is 2.57. The summed E-state index contributed by atoms with van der Waals surface area (Å²) in [6, 6.07) is 9.49. The van der Waals surface area contributed by atoms with Gasteiger partial charge in [0, 0.05) is 6.54 Å². The van der Waals surface area contributed by atoms with Gasteiger partial charge in [0.1, 0.15) is 12.3 Å². The molecule has 2 rings (SSSR count). The average molecular weight is 275 g/mol. The van der Waals surface area contributed by atoms with Gasteiger partial charge in [0.25, 0.3) is 0 Å². The van der Waals surface area contributed by atoms with Crippen molar-refractivity contribution < 1.29 is 9.53 Å². The smallest absolute Gasteiger partial charge is 0.407 e. The fraction of sp³-hybridized carbons (Fsp3) is 0.308. The van der Waals surface area contributed by atoms with E-state index in [2.05, 4.69) is 15.6 Å². The number of ether oxygens (including phenoxy) is 1. The monoisotopic (exact) mass is 275 g/mol. The van der Waals surface area contributed by atoms with E-state index in [9.17, 15) is 4.79 Å². The van der Waals surface area contributed by atoms with Gasteiger partial charge in [-0.05, 0) is 5.56 Å². The molecule has 0 radical (unpaired) electrons. The molecule has 0 saturated heterocycles. The molecule has 7 nitrogen and oxygen atoms in total. The predicted octanol–water partition coefficient (Wildman–Crippen LogP) is 0.663. The highest BCUT2D eigenvalue weighted by atomic mass is 16.5. The Morgan fingerprint density at radius 3 is 2.90 bits per heavy atom. The lowest BCUT2D eigenvalue weighted by Crippen LogP contribution is -2.23. The van der Waals surface area contributed by atoms with E-state index in [1.54, 1.807) is 10.9 Å². The van der Waals surface area contributed by atoms with Crippen LogP contribution in [0.1, 0.15) is 11.3 Å². The van der Waals surface area contributed by atoms with Crippen molar-refractivity contribution in [1.29, 1.82) is 0 Å². The fourth-order valence-corrected chi connectivity index (χ4v) is 1.60. The number of carbonyl (C=O) groups excluding carboxylic acids is 1. The number of aromatic nitrogens is 3. The van der Waals surface area contributed by atoms with E-state index in [0.29, 0.717) is 18.8 Å². The molecular weight excluding hydrogens is 258 g/mol. The third kappa shape index (κ3) is 4.36. The highest BCUT2D eigenvalue weighted by Gasteiger charge is 2.05. The number of carbonyl (C=O) groups is 1. The molecule has 1 amide bonds. The average Bonchev–Trinajstić information content (AvgIpc) is 2.92. The molecule has 106 valence electrons. The zero-order valence-electron chi connectivity index (χ0n) is 11.0. The van der Waals surface area contributed by atoms with Gasteiger partial charge < -0.3 is 15.8 Å². The molecule has 0 saturated carbocycles. The number of rotatable bonds is 6. The number of benzene rings is 1. The zero-order chi connectivity index (χ0) is 14.2. The molecule has 20 heavy (non-hydrogen) atoms. The van der Waals surface area contributed by atoms with E-state index in [0.717, 1.165) is 5.56 Å². The maximum atomic E-state index is 11.5. The van der Waals surface area contributed by atoms with E-state index in [1.165, 1.54) is 0 Å². The van der Waals surface area contributed by atoms with E-state index in [1.807, 2.05) is 30.3 Å². The van der Waals surface area contributed by atoms with Crippen LogP contribution in [0.5, 0.6) is 0 Å². The topological polar surface area (TPSA) is 95.1 Å². The van der Waals surface area contributed by atoms with E-state index < -0.39 is 6.09 Å². The largest absolute Gasteiger partial charge is 0.445 e. The molecule has 1 aromatic heterocycles. The molecule has 0 unspecified atom stereocenters. The van der Waals surface area contributed by atoms with Gasteiger partial charge >= 0.3 is 6.09 Å². The molecule has 2 aromatic rings. The van der Waals surface area contributed by atoms with Gasteiger partial charge in [-0.3, -0.25) is 4.68 Å². The van der Waals surface area contributed by atoms with Crippen LogP contribution in [0.25, 0.3) is 0 Å². The minimum atomic E-state index is -0.484. The summed E-state index contributed by atoms with van der Waals surface area (Å²) in [7, 11) is 0. The molecule has 0 spiro atoms. The summed E-state index contributed by atoms with van der Waals surface area (Å²) >= 11 is 0. The summed E-state index contributed by atoms with van der Waals surface area (Å²) in [5, 5.41) is 10.4. The van der Waals surface area contributed by atoms with Crippen molar-refractivity contribution in [2.75, 3.05) is 6.54 Å². The first-order chi connectivity index (χ1) is 9.78. The summed E-state index contributed by atoms with van der Waals surface area (Å²) in [5.41, 5.74) is 7.01. The van der Waals surface area contributed by atoms with Crippen LogP contribution in [0.15, 0.2) is 36.5 Å². The highest BCUT2D eigenvalue weighted by Crippen LogP contribution is 2.00. The highest BCUT2D eigenvalue weighted by molar-refractivity contribution is 5.67. The molecule has 0 aliphatic heterocycles. The molecule has 0 fully saturated rings. The molecule has 7 heteroatoms. The predicted molar refractivity (Wildman–Crippen MR) is 72.5 cm³/mol. The van der Waals surface area contributed by atoms with Crippen molar-refractivity contribution in [3.05, 3.63) is 47.8 Å². The van der Waals surface area contributed by atoms with E-state index >= 15 is 0 Å². The van der Waals surface area contributed by atoms with Crippen LogP contribution >= 0.6 is 0 Å². The van der Waals surface area contributed by atoms with Gasteiger partial charge in [-0.2, -0.15) is 0 Å². The maximum Gasteiger partial charge on any atom is 0.407 e. The van der Waals surface area contributed by atoms with Gasteiger partial charge in [0.2, 0.25) is 0 Å². The van der Waals surface area contributed by atoms with E-state index in [4.69, 9.17) is 10.5 Å². The number of amides is 1. The normalized spacial score (nSPS) is 10.2. The van der Waals surface area contributed by atoms with Crippen LogP contribution in [0.2, 0.25) is 0 Å². The number of hydrogen-bond donors (Lipinski definition) is 2. The van der Waals surface area contributed by atoms with Gasteiger partial charge in [-0.25, -0.2) is 4.79 Å². The van der Waals surface area contributed by atoms with Crippen LogP contribution in [0.4, 0.5) is 4.79 Å². The Hall–Kier alpha value is -2.41. The van der Waals surface area contributed by atoms with Crippen molar-refractivity contribution in [3.8, 4) is 0 Å². The lowest BCUT2D eigenvalue weighted by Gasteiger charge is -2.05. The number of alkyl carbamates (subject to hydrolysis) is 1. The van der Waals surface area contributed by atoms with Crippen molar-refractivity contribution >= 4 is 6.09 Å². The lowest BCUT2D eigenvalue weighted by atomic mass is 10.2. The second-order valence-electron chi connectivity index (χ2n) is 4.18. The Morgan fingerprint density at radius 1 is 1.35 bits per heavy atom. The molecule has 0 aliphatic rings. The van der Waals surface area contributed by atoms with Gasteiger partial charge in [0.15, 0.2) is 0 Å². The molecule has 3 N–H and O–H groups in total. The Bertz CT molecular complexity index is 541. The first kappa shape index (κ1) is 14.0. The second kappa shape index (κ2) is 7.25. The Morgan fingerprint density at radius 2 is 2.15 bits per heavy atom. The fourth-order valence-electron chi connectivity index (χ4n) is 1.60. The van der Waals surface area contributed by atoms with Gasteiger partial charge in [-0.15, -0.1) is 5.10 Å². The number of hydrogen-bond acceptors (Lipinski definition) is 5. The summed E-state index contributed by atoms with van der Waals surface area (Å²) in [6.45, 7) is 1.62. The maximum absolute atomic E-state index is 11.5. The van der Waals surface area contributed by atoms with Crippen molar-refractivity contribution in [3.63, 3.8) is 0 Å². The van der Waals surface area contributed by atoms with Crippen LogP contribution < -0.4 is 11.1 Å². The van der Waals surface area contributed by atoms with Crippen molar-refractivity contribution in [2.24, 2.45) is 5.73 Å². The van der Waals surface area contributed by atoms with Crippen LogP contribution in [-0.2, 0) is 24.4 Å². The lowest BCUT2D eigenvalue weighted by molar-refractivity contribution is 0.139. The molecule has 1 heterocycles. The van der Waals surface area contributed by atoms with Crippen LogP contribution in [0.3, 0.4) is 0 Å². The summed E-state index contributed by atoms with van der Waals surface area (Å²) in [6.07, 6.45) is 1.26. The Kier molecular flexibility index (Phi) is 5.08. The number of nitrogens with zero attached hydrogens (tertiary/aromatic N) is 3. The number of nitrogens with two attached hydrogens (primary N) is 1. The Labute approximate surface area is 116 Å². The molecule has 0 bridgehead atoms. The van der Waals surface area contributed by atoms with Crippen molar-refractivity contribution in [2.45, 2.75) is 19.7 Å². The first-order valence-corrected chi connectivity index (χ1v) is 6.31. The van der Waals surface area contributed by atoms with Crippen LogP contribution in [0, 0.1) is 0 Å². The minimum absolute atomic E-state index is 0.243. The zero-order valence-corrected chi connectivity index (χ0v) is 11.0. The van der Waals surface area contributed by atoms with Gasteiger partial charge in [0.05, 0.1) is 19.3 Å². The van der Waals surface area contributed by atoms with E-state index in [-0.39, 0.29) is 13.2 Å². The molecule has 0 aliphatic carbocycles. The van der Waals surface area contributed by atoms with Crippen LogP contribution in [-0.4, -0.2) is 27.6 Å².